The van der Waals surface area contributed by atoms with Crippen molar-refractivity contribution in [3.05, 3.63) is 42.0 Å². The third-order valence-electron chi connectivity index (χ3n) is 3.64. The molecule has 0 unspecified atom stereocenters. The van der Waals surface area contributed by atoms with Crippen LogP contribution in [0.1, 0.15) is 37.4 Å². The summed E-state index contributed by atoms with van der Waals surface area (Å²) in [4.78, 5) is 0.845. The molecular weight excluding hydrogens is 273 g/mol. The van der Waals surface area contributed by atoms with Crippen LogP contribution in [-0.2, 0) is 5.75 Å². The lowest BCUT2D eigenvalue weighted by atomic mass is 10.3. The van der Waals surface area contributed by atoms with Gasteiger partial charge in [-0.1, -0.05) is 12.8 Å². The van der Waals surface area contributed by atoms with Crippen LogP contribution in [-0.4, -0.2) is 9.78 Å². The van der Waals surface area contributed by atoms with Crippen LogP contribution in [0.4, 0.5) is 10.1 Å². The lowest BCUT2D eigenvalue weighted by molar-refractivity contribution is 0.464. The Morgan fingerprint density at radius 3 is 2.85 bits per heavy atom. The maximum atomic E-state index is 13.2. The van der Waals surface area contributed by atoms with Crippen LogP contribution < -0.4 is 5.73 Å². The molecular formula is C15H18FN3S. The molecule has 0 aliphatic heterocycles. The van der Waals surface area contributed by atoms with Crippen LogP contribution in [0.5, 0.6) is 0 Å². The topological polar surface area (TPSA) is 43.8 Å². The summed E-state index contributed by atoms with van der Waals surface area (Å²) in [6.45, 7) is 0. The van der Waals surface area contributed by atoms with Gasteiger partial charge in [0.1, 0.15) is 5.82 Å². The average Bonchev–Trinajstić information content (AvgIpc) is 3.06. The summed E-state index contributed by atoms with van der Waals surface area (Å²) in [5, 5.41) is 4.62. The zero-order valence-corrected chi connectivity index (χ0v) is 12.1. The van der Waals surface area contributed by atoms with Gasteiger partial charge in [-0.15, -0.1) is 11.8 Å². The fraction of sp³-hybridized carbons (Fsp3) is 0.400. The second-order valence-corrected chi connectivity index (χ2v) is 6.28. The average molecular weight is 291 g/mol. The highest BCUT2D eigenvalue weighted by Gasteiger charge is 2.17. The monoisotopic (exact) mass is 291 g/mol. The first-order valence-corrected chi connectivity index (χ1v) is 7.92. The maximum Gasteiger partial charge on any atom is 0.126 e. The molecule has 0 bridgehead atoms. The van der Waals surface area contributed by atoms with E-state index in [1.807, 2.05) is 6.07 Å². The van der Waals surface area contributed by atoms with Crippen molar-refractivity contribution in [1.29, 1.82) is 0 Å². The van der Waals surface area contributed by atoms with Crippen molar-refractivity contribution >= 4 is 17.4 Å². The molecule has 5 heteroatoms. The van der Waals surface area contributed by atoms with E-state index in [1.165, 1.54) is 37.8 Å². The van der Waals surface area contributed by atoms with Gasteiger partial charge in [0.05, 0.1) is 11.7 Å². The second-order valence-electron chi connectivity index (χ2n) is 5.23. The Labute approximate surface area is 122 Å². The van der Waals surface area contributed by atoms with Crippen LogP contribution in [0, 0.1) is 5.82 Å². The van der Waals surface area contributed by atoms with Crippen LogP contribution in [0.15, 0.2) is 35.4 Å². The smallest absolute Gasteiger partial charge is 0.126 e. The lowest BCUT2D eigenvalue weighted by Crippen LogP contribution is -2.05. The molecule has 1 aliphatic carbocycles. The molecule has 2 N–H and O–H groups in total. The molecule has 0 atom stereocenters. The summed E-state index contributed by atoms with van der Waals surface area (Å²) in [6.07, 6.45) is 7.13. The van der Waals surface area contributed by atoms with Gasteiger partial charge >= 0.3 is 0 Å². The minimum absolute atomic E-state index is 0.288. The number of anilines is 1. The van der Waals surface area contributed by atoms with E-state index in [9.17, 15) is 4.39 Å². The van der Waals surface area contributed by atoms with Crippen LogP contribution >= 0.6 is 11.8 Å². The van der Waals surface area contributed by atoms with Crippen molar-refractivity contribution in [3.8, 4) is 0 Å². The Hall–Kier alpha value is -1.49. The Morgan fingerprint density at radius 1 is 1.30 bits per heavy atom. The van der Waals surface area contributed by atoms with Crippen molar-refractivity contribution in [2.75, 3.05) is 5.73 Å². The first-order valence-electron chi connectivity index (χ1n) is 6.93. The maximum absolute atomic E-state index is 13.2. The molecule has 0 amide bonds. The zero-order valence-electron chi connectivity index (χ0n) is 11.3. The standard InChI is InChI=1S/C15H18FN3S/c16-11-7-12(17)9-15(8-11)20-10-13-5-6-19(18-13)14-3-1-2-4-14/h5-9,14H,1-4,10,17H2. The molecule has 0 radical (unpaired) electrons. The minimum atomic E-state index is -0.288. The third kappa shape index (κ3) is 3.15. The number of hydrogen-bond donors (Lipinski definition) is 1. The Kier molecular flexibility index (Phi) is 3.96. The quantitative estimate of drug-likeness (QED) is 0.683. The van der Waals surface area contributed by atoms with E-state index in [-0.39, 0.29) is 5.82 Å². The summed E-state index contributed by atoms with van der Waals surface area (Å²) in [7, 11) is 0. The normalized spacial score (nSPS) is 15.8. The van der Waals surface area contributed by atoms with Crippen LogP contribution in [0.25, 0.3) is 0 Å². The highest BCUT2D eigenvalue weighted by molar-refractivity contribution is 7.98. The largest absolute Gasteiger partial charge is 0.399 e. The fourth-order valence-corrected chi connectivity index (χ4v) is 3.54. The Morgan fingerprint density at radius 2 is 2.10 bits per heavy atom. The first-order chi connectivity index (χ1) is 9.70. The van der Waals surface area contributed by atoms with Crippen molar-refractivity contribution in [2.45, 2.75) is 42.4 Å². The third-order valence-corrected chi connectivity index (χ3v) is 4.65. The summed E-state index contributed by atoms with van der Waals surface area (Å²) >= 11 is 1.56. The fourth-order valence-electron chi connectivity index (χ4n) is 2.65. The van der Waals surface area contributed by atoms with Gasteiger partial charge in [0.2, 0.25) is 0 Å². The van der Waals surface area contributed by atoms with E-state index in [0.29, 0.717) is 11.7 Å². The van der Waals surface area contributed by atoms with Gasteiger partial charge in [0.25, 0.3) is 0 Å². The highest BCUT2D eigenvalue weighted by atomic mass is 32.2. The predicted octanol–water partition coefficient (Wildman–Crippen LogP) is 4.01. The highest BCUT2D eigenvalue weighted by Crippen LogP contribution is 2.30. The molecule has 1 heterocycles. The molecule has 1 aromatic carbocycles. The molecule has 2 aromatic rings. The summed E-state index contributed by atoms with van der Waals surface area (Å²) in [5.74, 6) is 0.451. The number of thioether (sulfide) groups is 1. The van der Waals surface area contributed by atoms with E-state index in [2.05, 4.69) is 16.0 Å². The SMILES string of the molecule is Nc1cc(F)cc(SCc2ccn(C3CCCC3)n2)c1. The molecule has 1 aliphatic rings. The number of nitrogens with two attached hydrogens (primary N) is 1. The van der Waals surface area contributed by atoms with Gasteiger partial charge in [-0.05, 0) is 37.1 Å². The number of benzene rings is 1. The van der Waals surface area contributed by atoms with Crippen molar-refractivity contribution in [3.63, 3.8) is 0 Å². The van der Waals surface area contributed by atoms with Crippen molar-refractivity contribution in [2.24, 2.45) is 0 Å². The van der Waals surface area contributed by atoms with Gasteiger partial charge in [0.15, 0.2) is 0 Å². The number of nitrogen functional groups attached to an aromatic ring is 1. The summed E-state index contributed by atoms with van der Waals surface area (Å²) in [6, 6.07) is 7.25. The number of hydrogen-bond acceptors (Lipinski definition) is 3. The molecule has 0 spiro atoms. The Bertz CT molecular complexity index is 570. The number of nitrogens with zero attached hydrogens (tertiary/aromatic N) is 2. The van der Waals surface area contributed by atoms with E-state index >= 15 is 0 Å². The zero-order chi connectivity index (χ0) is 13.9. The molecule has 1 aromatic heterocycles. The molecule has 106 valence electrons. The summed E-state index contributed by atoms with van der Waals surface area (Å²) in [5.41, 5.74) is 7.14. The van der Waals surface area contributed by atoms with Crippen LogP contribution in [0.2, 0.25) is 0 Å². The van der Waals surface area contributed by atoms with E-state index in [4.69, 9.17) is 5.73 Å². The van der Waals surface area contributed by atoms with E-state index in [1.54, 1.807) is 17.8 Å². The number of aromatic nitrogens is 2. The lowest BCUT2D eigenvalue weighted by Gasteiger charge is -2.08. The van der Waals surface area contributed by atoms with Gasteiger partial charge in [-0.2, -0.15) is 5.10 Å². The second kappa shape index (κ2) is 5.87. The van der Waals surface area contributed by atoms with E-state index in [0.717, 1.165) is 16.3 Å². The molecule has 3 rings (SSSR count). The molecule has 20 heavy (non-hydrogen) atoms. The molecule has 1 saturated carbocycles. The molecule has 0 saturated heterocycles. The first kappa shape index (κ1) is 13.5. The van der Waals surface area contributed by atoms with E-state index < -0.39 is 0 Å². The molecule has 3 nitrogen and oxygen atoms in total. The predicted molar refractivity (Wildman–Crippen MR) is 80.1 cm³/mol. The van der Waals surface area contributed by atoms with Gasteiger partial charge < -0.3 is 5.73 Å². The van der Waals surface area contributed by atoms with Crippen LogP contribution in [0.3, 0.4) is 0 Å². The number of rotatable bonds is 4. The summed E-state index contributed by atoms with van der Waals surface area (Å²) < 4.78 is 15.3. The van der Waals surface area contributed by atoms with Gasteiger partial charge in [-0.25, -0.2) is 4.39 Å². The molecule has 1 fully saturated rings. The van der Waals surface area contributed by atoms with Crippen molar-refractivity contribution in [1.82, 2.24) is 9.78 Å². The van der Waals surface area contributed by atoms with Gasteiger partial charge in [0, 0.05) is 22.5 Å². The number of halogens is 1. The minimum Gasteiger partial charge on any atom is -0.399 e. The van der Waals surface area contributed by atoms with Gasteiger partial charge in [-0.3, -0.25) is 4.68 Å². The van der Waals surface area contributed by atoms with Crippen molar-refractivity contribution < 1.29 is 4.39 Å². The Balaban J connectivity index is 1.63.